The molecule has 160 valence electrons. The molecule has 1 saturated heterocycles. The van der Waals surface area contributed by atoms with Gasteiger partial charge in [-0.1, -0.05) is 59.6 Å². The lowest BCUT2D eigenvalue weighted by Gasteiger charge is -2.34. The van der Waals surface area contributed by atoms with E-state index in [1.165, 1.54) is 28.8 Å². The monoisotopic (exact) mass is 476 g/mol. The largest absolute Gasteiger partial charge is 0.336 e. The highest BCUT2D eigenvalue weighted by Gasteiger charge is 2.33. The van der Waals surface area contributed by atoms with Crippen LogP contribution in [0.4, 0.5) is 0 Å². The molecule has 31 heavy (non-hydrogen) atoms. The Morgan fingerprint density at radius 3 is 2.00 bits per heavy atom. The Balaban J connectivity index is 1.44. The molecule has 0 aliphatic carbocycles. The third kappa shape index (κ3) is 4.43. The lowest BCUT2D eigenvalue weighted by atomic mass is 10.2. The average molecular weight is 477 g/mol. The van der Waals surface area contributed by atoms with Crippen LogP contribution in [0.1, 0.15) is 10.4 Å². The van der Waals surface area contributed by atoms with Crippen LogP contribution in [-0.4, -0.2) is 59.7 Å². The topological polar surface area (TPSA) is 83.5 Å². The van der Waals surface area contributed by atoms with Crippen molar-refractivity contribution in [3.8, 4) is 11.4 Å². The van der Waals surface area contributed by atoms with Crippen LogP contribution in [0, 0.1) is 0 Å². The zero-order chi connectivity index (χ0) is 22.0. The van der Waals surface area contributed by atoms with E-state index in [1.807, 2.05) is 30.3 Å². The van der Waals surface area contributed by atoms with Gasteiger partial charge in [-0.2, -0.15) is 4.31 Å². The summed E-state index contributed by atoms with van der Waals surface area (Å²) in [6.45, 7) is 0.748. The molecule has 0 bridgehead atoms. The van der Waals surface area contributed by atoms with Gasteiger partial charge < -0.3 is 4.90 Å². The second-order valence-electron chi connectivity index (χ2n) is 6.91. The fourth-order valence-electron chi connectivity index (χ4n) is 3.35. The van der Waals surface area contributed by atoms with Gasteiger partial charge in [0.2, 0.25) is 10.0 Å². The summed E-state index contributed by atoms with van der Waals surface area (Å²) in [6, 6.07) is 14.0. The predicted molar refractivity (Wildman–Crippen MR) is 119 cm³/mol. The van der Waals surface area contributed by atoms with E-state index in [4.69, 9.17) is 23.2 Å². The summed E-state index contributed by atoms with van der Waals surface area (Å²) in [6.07, 6.45) is 2.98. The number of carbonyl (C=O) groups is 1. The van der Waals surface area contributed by atoms with E-state index in [1.54, 1.807) is 11.0 Å². The van der Waals surface area contributed by atoms with E-state index in [9.17, 15) is 13.2 Å². The van der Waals surface area contributed by atoms with E-state index in [-0.39, 0.29) is 47.0 Å². The molecule has 2 aromatic carbocycles. The van der Waals surface area contributed by atoms with Crippen molar-refractivity contribution in [1.82, 2.24) is 19.2 Å². The first-order valence-electron chi connectivity index (χ1n) is 9.49. The number of hydrogen-bond acceptors (Lipinski definition) is 5. The van der Waals surface area contributed by atoms with Crippen LogP contribution in [-0.2, 0) is 10.0 Å². The molecule has 2 heterocycles. The second kappa shape index (κ2) is 8.92. The number of hydrogen-bond donors (Lipinski definition) is 0. The SMILES string of the molecule is O=C(c1cnc(-c2ccccc2)nc1)N1CCN(S(=O)(=O)c2c(Cl)cccc2Cl)CC1. The maximum Gasteiger partial charge on any atom is 0.257 e. The quantitative estimate of drug-likeness (QED) is 0.574. The van der Waals surface area contributed by atoms with Gasteiger partial charge in [0.25, 0.3) is 5.91 Å². The van der Waals surface area contributed by atoms with Crippen molar-refractivity contribution in [2.24, 2.45) is 0 Å². The van der Waals surface area contributed by atoms with Crippen molar-refractivity contribution in [2.75, 3.05) is 26.2 Å². The molecule has 0 saturated carbocycles. The van der Waals surface area contributed by atoms with Gasteiger partial charge in [-0.3, -0.25) is 4.79 Å². The number of nitrogens with zero attached hydrogens (tertiary/aromatic N) is 4. The van der Waals surface area contributed by atoms with Crippen LogP contribution in [0.25, 0.3) is 11.4 Å². The van der Waals surface area contributed by atoms with Crippen molar-refractivity contribution in [2.45, 2.75) is 4.90 Å². The summed E-state index contributed by atoms with van der Waals surface area (Å²) >= 11 is 12.2. The molecular weight excluding hydrogens is 459 g/mol. The first-order chi connectivity index (χ1) is 14.9. The lowest BCUT2D eigenvalue weighted by molar-refractivity contribution is 0.0697. The van der Waals surface area contributed by atoms with Gasteiger partial charge in [-0.25, -0.2) is 18.4 Å². The lowest BCUT2D eigenvalue weighted by Crippen LogP contribution is -2.50. The van der Waals surface area contributed by atoms with Crippen molar-refractivity contribution in [3.05, 3.63) is 76.5 Å². The molecule has 1 aliphatic heterocycles. The number of rotatable bonds is 4. The number of sulfonamides is 1. The standard InChI is InChI=1S/C21H18Cl2N4O3S/c22-17-7-4-8-18(23)19(17)31(29,30)27-11-9-26(10-12-27)21(28)16-13-24-20(25-14-16)15-5-2-1-3-6-15/h1-8,13-14H,9-12H2. The Morgan fingerprint density at radius 1 is 0.839 bits per heavy atom. The smallest absolute Gasteiger partial charge is 0.257 e. The number of amides is 1. The van der Waals surface area contributed by atoms with Gasteiger partial charge in [0.05, 0.1) is 15.6 Å². The molecule has 1 amide bonds. The van der Waals surface area contributed by atoms with Gasteiger partial charge in [0.15, 0.2) is 5.82 Å². The van der Waals surface area contributed by atoms with E-state index in [2.05, 4.69) is 9.97 Å². The van der Waals surface area contributed by atoms with Gasteiger partial charge in [-0.15, -0.1) is 0 Å². The fraction of sp³-hybridized carbons (Fsp3) is 0.190. The molecule has 0 spiro atoms. The van der Waals surface area contributed by atoms with E-state index >= 15 is 0 Å². The van der Waals surface area contributed by atoms with Crippen LogP contribution < -0.4 is 0 Å². The number of piperazine rings is 1. The zero-order valence-electron chi connectivity index (χ0n) is 16.3. The molecule has 10 heteroatoms. The molecule has 7 nitrogen and oxygen atoms in total. The van der Waals surface area contributed by atoms with Crippen molar-refractivity contribution in [1.29, 1.82) is 0 Å². The number of halogens is 2. The van der Waals surface area contributed by atoms with Crippen LogP contribution in [0.5, 0.6) is 0 Å². The molecule has 0 radical (unpaired) electrons. The summed E-state index contributed by atoms with van der Waals surface area (Å²) in [7, 11) is -3.87. The second-order valence-corrected chi connectivity index (χ2v) is 9.60. The van der Waals surface area contributed by atoms with Crippen molar-refractivity contribution >= 4 is 39.1 Å². The van der Waals surface area contributed by atoms with Crippen molar-refractivity contribution < 1.29 is 13.2 Å². The third-order valence-corrected chi connectivity index (χ3v) is 7.83. The summed E-state index contributed by atoms with van der Waals surface area (Å²) < 4.78 is 27.3. The summed E-state index contributed by atoms with van der Waals surface area (Å²) in [4.78, 5) is 22.9. The Kier molecular flexibility index (Phi) is 6.24. The van der Waals surface area contributed by atoms with Crippen LogP contribution in [0.3, 0.4) is 0 Å². The van der Waals surface area contributed by atoms with E-state index in [0.29, 0.717) is 11.4 Å². The Labute approximate surface area is 190 Å². The number of carbonyl (C=O) groups excluding carboxylic acids is 1. The summed E-state index contributed by atoms with van der Waals surface area (Å²) in [5.41, 5.74) is 1.21. The highest BCUT2D eigenvalue weighted by Crippen LogP contribution is 2.32. The predicted octanol–water partition coefficient (Wildman–Crippen LogP) is 3.60. The van der Waals surface area contributed by atoms with Gasteiger partial charge in [0.1, 0.15) is 4.90 Å². The highest BCUT2D eigenvalue weighted by atomic mass is 35.5. The normalized spacial score (nSPS) is 15.1. The maximum absolute atomic E-state index is 13.0. The van der Waals surface area contributed by atoms with Gasteiger partial charge >= 0.3 is 0 Å². The number of benzene rings is 2. The summed E-state index contributed by atoms with van der Waals surface area (Å²) in [5, 5.41) is 0.142. The highest BCUT2D eigenvalue weighted by molar-refractivity contribution is 7.89. The van der Waals surface area contributed by atoms with Gasteiger partial charge in [-0.05, 0) is 12.1 Å². The molecule has 3 aromatic rings. The Hall–Kier alpha value is -2.52. The zero-order valence-corrected chi connectivity index (χ0v) is 18.6. The van der Waals surface area contributed by atoms with E-state index < -0.39 is 10.0 Å². The molecule has 0 unspecified atom stereocenters. The molecule has 0 N–H and O–H groups in total. The molecule has 1 fully saturated rings. The van der Waals surface area contributed by atoms with Crippen LogP contribution in [0.15, 0.2) is 65.8 Å². The minimum Gasteiger partial charge on any atom is -0.336 e. The summed E-state index contributed by atoms with van der Waals surface area (Å²) in [5.74, 6) is 0.289. The first-order valence-corrected chi connectivity index (χ1v) is 11.7. The Morgan fingerprint density at radius 2 is 1.42 bits per heavy atom. The number of aromatic nitrogens is 2. The van der Waals surface area contributed by atoms with E-state index in [0.717, 1.165) is 5.56 Å². The minimum atomic E-state index is -3.87. The van der Waals surface area contributed by atoms with Gasteiger partial charge in [0, 0.05) is 44.1 Å². The molecular formula is C21H18Cl2N4O3S. The first kappa shape index (κ1) is 21.7. The Bertz CT molecular complexity index is 1180. The minimum absolute atomic E-state index is 0.0710. The third-order valence-electron chi connectivity index (χ3n) is 4.97. The van der Waals surface area contributed by atoms with Crippen molar-refractivity contribution in [3.63, 3.8) is 0 Å². The fourth-order valence-corrected chi connectivity index (χ4v) is 5.86. The van der Waals surface area contributed by atoms with Crippen LogP contribution in [0.2, 0.25) is 10.0 Å². The molecule has 1 aliphatic rings. The maximum atomic E-state index is 13.0. The average Bonchev–Trinajstić information content (AvgIpc) is 2.79. The molecule has 1 aromatic heterocycles. The molecule has 0 atom stereocenters. The van der Waals surface area contributed by atoms with Crippen LogP contribution >= 0.6 is 23.2 Å². The molecule has 4 rings (SSSR count).